The van der Waals surface area contributed by atoms with Crippen molar-refractivity contribution in [1.29, 1.82) is 0 Å². The molecule has 0 radical (unpaired) electrons. The molecule has 0 saturated heterocycles. The number of nitrogens with zero attached hydrogens (tertiary/aromatic N) is 3. The van der Waals surface area contributed by atoms with E-state index < -0.39 is 0 Å². The first-order valence-electron chi connectivity index (χ1n) is 7.14. The van der Waals surface area contributed by atoms with Gasteiger partial charge in [-0.25, -0.2) is 0 Å². The largest absolute Gasteiger partial charge is 0.298 e. The van der Waals surface area contributed by atoms with Gasteiger partial charge in [0.15, 0.2) is 11.0 Å². The van der Waals surface area contributed by atoms with Crippen LogP contribution in [0.4, 0.5) is 0 Å². The predicted molar refractivity (Wildman–Crippen MR) is 99.3 cm³/mol. The molecule has 0 unspecified atom stereocenters. The van der Waals surface area contributed by atoms with Crippen LogP contribution in [0.2, 0.25) is 5.02 Å². The van der Waals surface area contributed by atoms with Crippen molar-refractivity contribution in [2.75, 3.05) is 0 Å². The zero-order valence-electron chi connectivity index (χ0n) is 12.7. The minimum Gasteiger partial charge on any atom is -0.298 e. The summed E-state index contributed by atoms with van der Waals surface area (Å²) in [6, 6.07) is 10.0. The maximum absolute atomic E-state index is 6.04. The van der Waals surface area contributed by atoms with Crippen molar-refractivity contribution < 1.29 is 0 Å². The molecule has 0 atom stereocenters. The molecule has 0 aliphatic heterocycles. The van der Waals surface area contributed by atoms with E-state index in [-0.39, 0.29) is 0 Å². The molecule has 0 aliphatic carbocycles. The molecule has 0 bridgehead atoms. The Labute approximate surface area is 149 Å². The summed E-state index contributed by atoms with van der Waals surface area (Å²) in [5.41, 5.74) is 2.28. The monoisotopic (exact) mass is 361 g/mol. The van der Waals surface area contributed by atoms with Gasteiger partial charge in [-0.2, -0.15) is 0 Å². The zero-order valence-corrected chi connectivity index (χ0v) is 15.1. The van der Waals surface area contributed by atoms with Crippen molar-refractivity contribution in [3.05, 3.63) is 63.8 Å². The Hall–Kier alpha value is -1.56. The Balaban J connectivity index is 1.84. The molecular formula is C17H16ClN3S2. The Morgan fingerprint density at radius 2 is 2.22 bits per heavy atom. The van der Waals surface area contributed by atoms with Crippen molar-refractivity contribution >= 4 is 34.7 Å². The Morgan fingerprint density at radius 1 is 1.35 bits per heavy atom. The molecule has 0 amide bonds. The van der Waals surface area contributed by atoms with E-state index in [0.29, 0.717) is 6.54 Å². The lowest BCUT2D eigenvalue weighted by atomic mass is 10.2. The number of benzene rings is 1. The lowest BCUT2D eigenvalue weighted by Gasteiger charge is -2.07. The minimum absolute atomic E-state index is 0.690. The summed E-state index contributed by atoms with van der Waals surface area (Å²) >= 11 is 9.42. The number of hydrogen-bond acceptors (Lipinski definition) is 4. The molecule has 0 fully saturated rings. The fourth-order valence-corrected chi connectivity index (χ4v) is 4.02. The second-order valence-electron chi connectivity index (χ2n) is 5.07. The standard InChI is InChI=1S/C17H16ClN3S2/c1-3-7-21-16(14-8-12(2)22-11-14)19-20-17(21)23-10-13-5-4-6-15(18)9-13/h3-6,8-9,11H,1,7,10H2,2H3. The fraction of sp³-hybridized carbons (Fsp3) is 0.176. The van der Waals surface area contributed by atoms with Crippen LogP contribution >= 0.6 is 34.7 Å². The van der Waals surface area contributed by atoms with Gasteiger partial charge in [0, 0.05) is 33.1 Å². The van der Waals surface area contributed by atoms with Crippen LogP contribution in [0.25, 0.3) is 11.4 Å². The van der Waals surface area contributed by atoms with E-state index in [0.717, 1.165) is 27.3 Å². The molecule has 0 saturated carbocycles. The van der Waals surface area contributed by atoms with E-state index in [2.05, 4.69) is 45.8 Å². The number of thiophene rings is 1. The average Bonchev–Trinajstić information content (AvgIpc) is 3.12. The molecule has 0 spiro atoms. The van der Waals surface area contributed by atoms with Gasteiger partial charge in [0.1, 0.15) is 0 Å². The van der Waals surface area contributed by atoms with E-state index in [4.69, 9.17) is 11.6 Å². The lowest BCUT2D eigenvalue weighted by molar-refractivity contribution is 0.731. The van der Waals surface area contributed by atoms with Crippen molar-refractivity contribution in [3.63, 3.8) is 0 Å². The molecule has 3 nitrogen and oxygen atoms in total. The van der Waals surface area contributed by atoms with Crippen molar-refractivity contribution in [1.82, 2.24) is 14.8 Å². The summed E-state index contributed by atoms with van der Waals surface area (Å²) in [5.74, 6) is 1.70. The fourth-order valence-electron chi connectivity index (χ4n) is 2.24. The van der Waals surface area contributed by atoms with Gasteiger partial charge >= 0.3 is 0 Å². The van der Waals surface area contributed by atoms with Gasteiger partial charge in [-0.15, -0.1) is 28.1 Å². The maximum Gasteiger partial charge on any atom is 0.192 e. The average molecular weight is 362 g/mol. The van der Waals surface area contributed by atoms with Gasteiger partial charge in [-0.1, -0.05) is 41.6 Å². The van der Waals surface area contributed by atoms with Gasteiger partial charge in [0.05, 0.1) is 0 Å². The molecule has 0 N–H and O–H groups in total. The molecular weight excluding hydrogens is 346 g/mol. The van der Waals surface area contributed by atoms with Crippen LogP contribution in [0.1, 0.15) is 10.4 Å². The van der Waals surface area contributed by atoms with Crippen LogP contribution < -0.4 is 0 Å². The Bertz CT molecular complexity index is 823. The molecule has 3 rings (SSSR count). The van der Waals surface area contributed by atoms with E-state index in [1.807, 2.05) is 24.3 Å². The highest BCUT2D eigenvalue weighted by atomic mass is 35.5. The molecule has 1 aromatic carbocycles. The van der Waals surface area contributed by atoms with Gasteiger partial charge in [-0.05, 0) is 30.7 Å². The number of aromatic nitrogens is 3. The van der Waals surface area contributed by atoms with E-state index in [1.54, 1.807) is 23.1 Å². The van der Waals surface area contributed by atoms with Crippen molar-refractivity contribution in [3.8, 4) is 11.4 Å². The molecule has 3 aromatic rings. The Morgan fingerprint density at radius 3 is 2.91 bits per heavy atom. The van der Waals surface area contributed by atoms with Crippen LogP contribution in [0.5, 0.6) is 0 Å². The summed E-state index contributed by atoms with van der Waals surface area (Å²) in [5, 5.41) is 12.5. The van der Waals surface area contributed by atoms with E-state index in [9.17, 15) is 0 Å². The van der Waals surface area contributed by atoms with E-state index >= 15 is 0 Å². The summed E-state index contributed by atoms with van der Waals surface area (Å²) in [7, 11) is 0. The number of aryl methyl sites for hydroxylation is 1. The minimum atomic E-state index is 0.690. The second kappa shape index (κ2) is 7.34. The summed E-state index contributed by atoms with van der Waals surface area (Å²) in [6.45, 7) is 6.63. The van der Waals surface area contributed by atoms with Gasteiger partial charge in [0.2, 0.25) is 0 Å². The highest BCUT2D eigenvalue weighted by Crippen LogP contribution is 2.29. The second-order valence-corrected chi connectivity index (χ2v) is 7.56. The summed E-state index contributed by atoms with van der Waals surface area (Å²) in [4.78, 5) is 1.27. The van der Waals surface area contributed by atoms with Gasteiger partial charge in [-0.3, -0.25) is 4.57 Å². The number of thioether (sulfide) groups is 1. The van der Waals surface area contributed by atoms with Gasteiger partial charge < -0.3 is 0 Å². The number of rotatable bonds is 6. The van der Waals surface area contributed by atoms with Crippen LogP contribution in [-0.4, -0.2) is 14.8 Å². The number of halogens is 1. The molecule has 6 heteroatoms. The Kier molecular flexibility index (Phi) is 5.20. The van der Waals surface area contributed by atoms with Crippen LogP contribution in [0.15, 0.2) is 53.5 Å². The van der Waals surface area contributed by atoms with Crippen LogP contribution in [0.3, 0.4) is 0 Å². The molecule has 0 aliphatic rings. The summed E-state index contributed by atoms with van der Waals surface area (Å²) in [6.07, 6.45) is 1.87. The number of hydrogen-bond donors (Lipinski definition) is 0. The third-order valence-electron chi connectivity index (χ3n) is 3.27. The quantitative estimate of drug-likeness (QED) is 0.432. The third kappa shape index (κ3) is 3.86. The SMILES string of the molecule is C=CCn1c(SCc2cccc(Cl)c2)nnc1-c1csc(C)c1. The smallest absolute Gasteiger partial charge is 0.192 e. The first kappa shape index (κ1) is 16.3. The van der Waals surface area contributed by atoms with Crippen molar-refractivity contribution in [2.45, 2.75) is 24.4 Å². The predicted octanol–water partition coefficient (Wildman–Crippen LogP) is 5.45. The topological polar surface area (TPSA) is 30.7 Å². The van der Waals surface area contributed by atoms with Crippen molar-refractivity contribution in [2.24, 2.45) is 0 Å². The van der Waals surface area contributed by atoms with Gasteiger partial charge in [0.25, 0.3) is 0 Å². The highest BCUT2D eigenvalue weighted by molar-refractivity contribution is 7.98. The zero-order chi connectivity index (χ0) is 16.2. The normalized spacial score (nSPS) is 10.9. The van der Waals surface area contributed by atoms with Crippen LogP contribution in [-0.2, 0) is 12.3 Å². The van der Waals surface area contributed by atoms with E-state index in [1.165, 1.54) is 10.4 Å². The molecule has 2 aromatic heterocycles. The lowest BCUT2D eigenvalue weighted by Crippen LogP contribution is -2.00. The highest BCUT2D eigenvalue weighted by Gasteiger charge is 2.14. The molecule has 118 valence electrons. The maximum atomic E-state index is 6.04. The molecule has 23 heavy (non-hydrogen) atoms. The third-order valence-corrected chi connectivity index (χ3v) is 5.41. The first-order chi connectivity index (χ1) is 11.2. The number of allylic oxidation sites excluding steroid dienone is 1. The van der Waals surface area contributed by atoms with Crippen LogP contribution in [0, 0.1) is 6.92 Å². The molecule has 2 heterocycles. The summed E-state index contributed by atoms with van der Waals surface area (Å²) < 4.78 is 2.10. The first-order valence-corrected chi connectivity index (χ1v) is 9.38.